The third kappa shape index (κ3) is 4.54. The molecule has 4 rings (SSSR count). The number of hydrogen-bond donors (Lipinski definition) is 1. The lowest BCUT2D eigenvalue weighted by Crippen LogP contribution is -2.32. The highest BCUT2D eigenvalue weighted by atomic mass is 32.2. The summed E-state index contributed by atoms with van der Waals surface area (Å²) in [5, 5.41) is 9.03. The van der Waals surface area contributed by atoms with Gasteiger partial charge in [-0.15, -0.1) is 16.4 Å². The van der Waals surface area contributed by atoms with Crippen LogP contribution in [0.1, 0.15) is 18.2 Å². The Hall–Kier alpha value is -2.72. The smallest absolute Gasteiger partial charge is 0.343 e. The average molecular weight is 447 g/mol. The number of nitrogens with one attached hydrogen (secondary N) is 1. The van der Waals surface area contributed by atoms with Crippen molar-refractivity contribution in [1.29, 1.82) is 0 Å². The molecule has 0 saturated heterocycles. The fraction of sp³-hybridized carbons (Fsp3) is 0.350. The van der Waals surface area contributed by atoms with Crippen molar-refractivity contribution in [2.75, 3.05) is 23.9 Å². The van der Waals surface area contributed by atoms with Crippen LogP contribution >= 0.6 is 23.1 Å². The number of thioether (sulfide) groups is 1. The van der Waals surface area contributed by atoms with Crippen LogP contribution in [-0.4, -0.2) is 39.6 Å². The molecule has 0 atom stereocenters. The third-order valence-corrected chi connectivity index (χ3v) is 6.35. The number of aromatic amines is 1. The molecular weight excluding hydrogens is 424 g/mol. The Balaban J connectivity index is 1.55. The molecule has 0 aliphatic carbocycles. The number of anilines is 1. The quantitative estimate of drug-likeness (QED) is 0.535. The van der Waals surface area contributed by atoms with Gasteiger partial charge in [0.1, 0.15) is 13.2 Å². The van der Waals surface area contributed by atoms with Gasteiger partial charge in [-0.05, 0) is 30.0 Å². The summed E-state index contributed by atoms with van der Waals surface area (Å²) in [5.74, 6) is 1.40. The number of carbonyl (C=O) groups excluding carboxylic acids is 1. The summed E-state index contributed by atoms with van der Waals surface area (Å²) >= 11 is 2.86. The maximum atomic E-state index is 13.2. The number of rotatable bonds is 8. The van der Waals surface area contributed by atoms with Crippen molar-refractivity contribution in [3.8, 4) is 11.5 Å². The van der Waals surface area contributed by atoms with Crippen molar-refractivity contribution < 1.29 is 14.3 Å². The van der Waals surface area contributed by atoms with Gasteiger partial charge in [-0.3, -0.25) is 9.36 Å². The number of thiophene rings is 1. The van der Waals surface area contributed by atoms with E-state index >= 15 is 0 Å². The maximum Gasteiger partial charge on any atom is 0.343 e. The van der Waals surface area contributed by atoms with Gasteiger partial charge in [0, 0.05) is 23.2 Å². The van der Waals surface area contributed by atoms with Crippen LogP contribution in [0.5, 0.6) is 11.5 Å². The van der Waals surface area contributed by atoms with Gasteiger partial charge in [-0.25, -0.2) is 9.89 Å². The molecular formula is C20H22N4O4S2. The molecule has 8 nitrogen and oxygen atoms in total. The van der Waals surface area contributed by atoms with E-state index in [4.69, 9.17) is 9.47 Å². The summed E-state index contributed by atoms with van der Waals surface area (Å²) in [5.41, 5.74) is 0.486. The molecule has 10 heteroatoms. The first-order valence-electron chi connectivity index (χ1n) is 9.66. The highest BCUT2D eigenvalue weighted by Crippen LogP contribution is 2.35. The number of fused-ring (bicyclic) bond motifs is 1. The Morgan fingerprint density at radius 1 is 1.30 bits per heavy atom. The Labute approximate surface area is 181 Å². The van der Waals surface area contributed by atoms with Crippen LogP contribution in [-0.2, 0) is 17.9 Å². The number of hydrogen-bond acceptors (Lipinski definition) is 7. The van der Waals surface area contributed by atoms with Crippen LogP contribution in [0.15, 0.2) is 45.7 Å². The number of H-pyrrole nitrogens is 1. The van der Waals surface area contributed by atoms with Gasteiger partial charge >= 0.3 is 5.69 Å². The summed E-state index contributed by atoms with van der Waals surface area (Å²) < 4.78 is 12.8. The second-order valence-electron chi connectivity index (χ2n) is 6.64. The minimum absolute atomic E-state index is 0.0800. The molecule has 1 aliphatic heterocycles. The molecule has 2 aromatic heterocycles. The summed E-state index contributed by atoms with van der Waals surface area (Å²) in [6.07, 6.45) is 0.808. The molecule has 0 radical (unpaired) electrons. The van der Waals surface area contributed by atoms with Crippen molar-refractivity contribution in [3.63, 3.8) is 0 Å². The molecule has 0 fully saturated rings. The van der Waals surface area contributed by atoms with Crippen molar-refractivity contribution in [2.24, 2.45) is 0 Å². The Bertz CT molecular complexity index is 1060. The van der Waals surface area contributed by atoms with Crippen LogP contribution in [0.25, 0.3) is 0 Å². The highest BCUT2D eigenvalue weighted by Gasteiger charge is 2.21. The lowest BCUT2D eigenvalue weighted by Gasteiger charge is -2.25. The van der Waals surface area contributed by atoms with Crippen molar-refractivity contribution in [1.82, 2.24) is 14.8 Å². The lowest BCUT2D eigenvalue weighted by atomic mass is 10.2. The zero-order valence-electron chi connectivity index (χ0n) is 16.5. The van der Waals surface area contributed by atoms with E-state index in [1.807, 2.05) is 42.6 Å². The van der Waals surface area contributed by atoms with Crippen molar-refractivity contribution >= 4 is 34.7 Å². The van der Waals surface area contributed by atoms with Gasteiger partial charge in [-0.2, -0.15) is 0 Å². The molecule has 1 aromatic carbocycles. The average Bonchev–Trinajstić information content (AvgIpc) is 3.40. The van der Waals surface area contributed by atoms with Gasteiger partial charge < -0.3 is 14.4 Å². The fourth-order valence-corrected chi connectivity index (χ4v) is 4.66. The van der Waals surface area contributed by atoms with Crippen LogP contribution in [0.4, 0.5) is 5.69 Å². The first-order chi connectivity index (χ1) is 14.7. The summed E-state index contributed by atoms with van der Waals surface area (Å²) in [7, 11) is 0. The number of ether oxygens (including phenoxy) is 2. The second-order valence-corrected chi connectivity index (χ2v) is 8.61. The van der Waals surface area contributed by atoms with E-state index in [0.29, 0.717) is 43.0 Å². The molecule has 3 aromatic rings. The number of benzene rings is 1. The predicted molar refractivity (Wildman–Crippen MR) is 117 cm³/mol. The molecule has 3 heterocycles. The zero-order chi connectivity index (χ0) is 20.9. The number of amides is 1. The summed E-state index contributed by atoms with van der Waals surface area (Å²) in [6, 6.07) is 9.51. The first kappa shape index (κ1) is 20.5. The number of carbonyl (C=O) groups is 1. The van der Waals surface area contributed by atoms with Crippen molar-refractivity contribution in [2.45, 2.75) is 31.6 Å². The summed E-state index contributed by atoms with van der Waals surface area (Å²) in [6.45, 7) is 4.01. The van der Waals surface area contributed by atoms with E-state index in [-0.39, 0.29) is 17.3 Å². The Kier molecular flexibility index (Phi) is 6.44. The molecule has 0 saturated carbocycles. The minimum atomic E-state index is -0.255. The normalized spacial score (nSPS) is 12.7. The van der Waals surface area contributed by atoms with Crippen LogP contribution in [0.3, 0.4) is 0 Å². The minimum Gasteiger partial charge on any atom is -0.486 e. The summed E-state index contributed by atoms with van der Waals surface area (Å²) in [4.78, 5) is 27.9. The van der Waals surface area contributed by atoms with Crippen LogP contribution in [0.2, 0.25) is 0 Å². The Morgan fingerprint density at radius 2 is 2.13 bits per heavy atom. The van der Waals surface area contributed by atoms with E-state index in [1.165, 1.54) is 11.8 Å². The fourth-order valence-electron chi connectivity index (χ4n) is 3.12. The molecule has 1 N–H and O–H groups in total. The molecule has 158 valence electrons. The molecule has 0 spiro atoms. The molecule has 30 heavy (non-hydrogen) atoms. The predicted octanol–water partition coefficient (Wildman–Crippen LogP) is 3.14. The molecule has 0 bridgehead atoms. The van der Waals surface area contributed by atoms with Gasteiger partial charge in [0.15, 0.2) is 16.7 Å². The van der Waals surface area contributed by atoms with Crippen LogP contribution in [0, 0.1) is 0 Å². The zero-order valence-corrected chi connectivity index (χ0v) is 18.1. The van der Waals surface area contributed by atoms with Gasteiger partial charge in [0.2, 0.25) is 5.91 Å². The van der Waals surface area contributed by atoms with E-state index in [0.717, 1.165) is 17.0 Å². The SMILES string of the molecule is CCCn1c(SCC(=O)N(Cc2cccs2)c2ccc3c(c2)OCCO3)n[nH]c1=O. The van der Waals surface area contributed by atoms with Crippen LogP contribution < -0.4 is 20.1 Å². The molecule has 1 aliphatic rings. The number of aromatic nitrogens is 3. The van der Waals surface area contributed by atoms with Gasteiger partial charge in [0.25, 0.3) is 0 Å². The maximum absolute atomic E-state index is 13.2. The topological polar surface area (TPSA) is 89.4 Å². The largest absolute Gasteiger partial charge is 0.486 e. The monoisotopic (exact) mass is 446 g/mol. The molecule has 0 unspecified atom stereocenters. The number of nitrogens with zero attached hydrogens (tertiary/aromatic N) is 3. The highest BCUT2D eigenvalue weighted by molar-refractivity contribution is 7.99. The standard InChI is InChI=1S/C20H22N4O4S2/c1-2-7-23-19(26)21-22-20(23)30-13-18(25)24(12-15-4-3-10-29-15)14-5-6-16-17(11-14)28-9-8-27-16/h3-6,10-11H,2,7-9,12-13H2,1H3,(H,21,26). The molecule has 1 amide bonds. The van der Waals surface area contributed by atoms with Gasteiger partial charge in [0.05, 0.1) is 12.3 Å². The van der Waals surface area contributed by atoms with E-state index in [1.54, 1.807) is 20.8 Å². The van der Waals surface area contributed by atoms with E-state index in [2.05, 4.69) is 10.2 Å². The second kappa shape index (κ2) is 9.40. The van der Waals surface area contributed by atoms with Crippen molar-refractivity contribution in [3.05, 3.63) is 51.1 Å². The Morgan fingerprint density at radius 3 is 2.90 bits per heavy atom. The van der Waals surface area contributed by atoms with E-state index in [9.17, 15) is 9.59 Å². The first-order valence-corrected chi connectivity index (χ1v) is 11.5. The van der Waals surface area contributed by atoms with E-state index < -0.39 is 0 Å². The third-order valence-electron chi connectivity index (χ3n) is 4.53. The lowest BCUT2D eigenvalue weighted by molar-refractivity contribution is -0.116. The van der Waals surface area contributed by atoms with Gasteiger partial charge in [-0.1, -0.05) is 24.8 Å².